The fraction of sp³-hybridized carbons (Fsp3) is 0.684. The Balaban J connectivity index is 1.87. The molecule has 0 aromatic heterocycles. The zero-order valence-electron chi connectivity index (χ0n) is 15.1. The van der Waals surface area contributed by atoms with Gasteiger partial charge in [0.25, 0.3) is 0 Å². The van der Waals surface area contributed by atoms with Gasteiger partial charge in [0.1, 0.15) is 18.2 Å². The van der Waals surface area contributed by atoms with Crippen LogP contribution in [0.25, 0.3) is 0 Å². The SMILES string of the molecule is CC1=CC(=O)O[C@]2([C@@H]3COC(=O)N3)C[C@@H](CCCC=CCC1)O[C@@H](O)C2. The minimum absolute atomic E-state index is 0.107. The van der Waals surface area contributed by atoms with E-state index in [-0.39, 0.29) is 19.1 Å². The standard InChI is InChI=1S/C19H27NO6/c1-13-7-5-3-2-4-6-8-14-10-19(11-17(22)25-14,26-16(21)9-13)15-12-24-18(23)20-15/h2-3,9,14-15,17,22H,4-8,10-12H2,1H3,(H,20,23)/t14-,15+,17-,19-/m1/s1. The number of hydrogen-bond donors (Lipinski definition) is 2. The molecular weight excluding hydrogens is 338 g/mol. The number of cyclic esters (lactones) is 1. The predicted octanol–water partition coefficient (Wildman–Crippen LogP) is 2.34. The topological polar surface area (TPSA) is 94.1 Å². The van der Waals surface area contributed by atoms with Gasteiger partial charge >= 0.3 is 12.1 Å². The van der Waals surface area contributed by atoms with Crippen LogP contribution < -0.4 is 5.32 Å². The molecule has 7 nitrogen and oxygen atoms in total. The quantitative estimate of drug-likeness (QED) is 0.547. The van der Waals surface area contributed by atoms with Gasteiger partial charge in [-0.05, 0) is 39.0 Å². The molecule has 3 aliphatic heterocycles. The molecule has 1 amide bonds. The summed E-state index contributed by atoms with van der Waals surface area (Å²) in [6.45, 7) is 2.01. The van der Waals surface area contributed by atoms with Crippen molar-refractivity contribution in [2.75, 3.05) is 6.61 Å². The van der Waals surface area contributed by atoms with Gasteiger partial charge in [-0.25, -0.2) is 9.59 Å². The first-order valence-corrected chi connectivity index (χ1v) is 9.29. The largest absolute Gasteiger partial charge is 0.453 e. The van der Waals surface area contributed by atoms with E-state index in [2.05, 4.69) is 17.5 Å². The molecule has 0 aromatic carbocycles. The van der Waals surface area contributed by atoms with Crippen LogP contribution in [0.15, 0.2) is 23.8 Å². The molecule has 2 fully saturated rings. The second-order valence-electron chi connectivity index (χ2n) is 7.33. The predicted molar refractivity (Wildman–Crippen MR) is 93.2 cm³/mol. The highest BCUT2D eigenvalue weighted by Gasteiger charge is 2.52. The van der Waals surface area contributed by atoms with Crippen molar-refractivity contribution in [3.05, 3.63) is 23.8 Å². The van der Waals surface area contributed by atoms with Crippen molar-refractivity contribution in [3.8, 4) is 0 Å². The molecule has 0 aromatic rings. The Hall–Kier alpha value is -1.86. The van der Waals surface area contributed by atoms with E-state index in [0.29, 0.717) is 6.42 Å². The van der Waals surface area contributed by atoms with E-state index in [1.165, 1.54) is 6.08 Å². The molecule has 0 unspecified atom stereocenters. The minimum Gasteiger partial charge on any atom is -0.453 e. The summed E-state index contributed by atoms with van der Waals surface area (Å²) in [7, 11) is 0. The molecule has 3 rings (SSSR count). The van der Waals surface area contributed by atoms with Gasteiger partial charge in [-0.2, -0.15) is 0 Å². The molecule has 4 atom stereocenters. The maximum Gasteiger partial charge on any atom is 0.407 e. The molecule has 144 valence electrons. The molecule has 26 heavy (non-hydrogen) atoms. The lowest BCUT2D eigenvalue weighted by atomic mass is 9.81. The van der Waals surface area contributed by atoms with Crippen LogP contribution in [0.3, 0.4) is 0 Å². The van der Waals surface area contributed by atoms with Crippen molar-refractivity contribution in [2.24, 2.45) is 0 Å². The highest BCUT2D eigenvalue weighted by atomic mass is 16.6. The van der Waals surface area contributed by atoms with E-state index in [9.17, 15) is 14.7 Å². The number of aliphatic hydroxyl groups excluding tert-OH is 1. The maximum absolute atomic E-state index is 12.5. The maximum atomic E-state index is 12.5. The first-order chi connectivity index (χ1) is 12.5. The Bertz CT molecular complexity index is 601. The number of carbonyl (C=O) groups is 2. The van der Waals surface area contributed by atoms with E-state index in [4.69, 9.17) is 14.2 Å². The number of nitrogens with one attached hydrogen (secondary N) is 1. The van der Waals surface area contributed by atoms with Crippen LogP contribution in [0.4, 0.5) is 4.79 Å². The van der Waals surface area contributed by atoms with Gasteiger partial charge in [-0.3, -0.25) is 0 Å². The normalized spacial score (nSPS) is 36.4. The van der Waals surface area contributed by atoms with Crippen molar-refractivity contribution in [1.29, 1.82) is 0 Å². The Kier molecular flexibility index (Phi) is 5.98. The first kappa shape index (κ1) is 18.9. The molecule has 7 heteroatoms. The summed E-state index contributed by atoms with van der Waals surface area (Å²) in [4.78, 5) is 24.1. The average molecular weight is 365 g/mol. The number of ether oxygens (including phenoxy) is 3. The molecular formula is C19H27NO6. The van der Waals surface area contributed by atoms with Crippen LogP contribution in [0.5, 0.6) is 0 Å². The van der Waals surface area contributed by atoms with Crippen molar-refractivity contribution < 1.29 is 28.9 Å². The molecule has 2 bridgehead atoms. The highest BCUT2D eigenvalue weighted by molar-refractivity contribution is 5.83. The highest BCUT2D eigenvalue weighted by Crippen LogP contribution is 2.38. The number of hydrogen-bond acceptors (Lipinski definition) is 6. The summed E-state index contributed by atoms with van der Waals surface area (Å²) >= 11 is 0. The second-order valence-corrected chi connectivity index (χ2v) is 7.33. The molecule has 0 spiro atoms. The number of carbonyl (C=O) groups excluding carboxylic acids is 2. The molecule has 2 N–H and O–H groups in total. The lowest BCUT2D eigenvalue weighted by molar-refractivity contribution is -0.234. The fourth-order valence-electron chi connectivity index (χ4n) is 3.87. The van der Waals surface area contributed by atoms with Crippen molar-refractivity contribution in [2.45, 2.75) is 75.9 Å². The summed E-state index contributed by atoms with van der Waals surface area (Å²) in [5.41, 5.74) is -0.106. The molecule has 0 aliphatic carbocycles. The summed E-state index contributed by atoms with van der Waals surface area (Å²) < 4.78 is 16.5. The van der Waals surface area contributed by atoms with E-state index in [1.807, 2.05) is 6.92 Å². The molecule has 0 saturated carbocycles. The van der Waals surface area contributed by atoms with Gasteiger partial charge in [-0.1, -0.05) is 17.7 Å². The first-order valence-electron chi connectivity index (χ1n) is 9.29. The lowest BCUT2D eigenvalue weighted by Crippen LogP contribution is -2.59. The van der Waals surface area contributed by atoms with Gasteiger partial charge in [0.2, 0.25) is 0 Å². The Morgan fingerprint density at radius 1 is 1.23 bits per heavy atom. The molecule has 2 saturated heterocycles. The van der Waals surface area contributed by atoms with Crippen LogP contribution in [0, 0.1) is 0 Å². The second kappa shape index (κ2) is 8.22. The number of fused-ring (bicyclic) bond motifs is 2. The molecule has 0 radical (unpaired) electrons. The van der Waals surface area contributed by atoms with E-state index >= 15 is 0 Å². The van der Waals surface area contributed by atoms with Gasteiger partial charge < -0.3 is 24.6 Å². The molecule has 3 aliphatic rings. The van der Waals surface area contributed by atoms with Gasteiger partial charge in [0, 0.05) is 18.9 Å². The number of alkyl carbamates (subject to hydrolysis) is 1. The summed E-state index contributed by atoms with van der Waals surface area (Å²) in [6.07, 6.45) is 8.74. The van der Waals surface area contributed by atoms with Crippen molar-refractivity contribution in [3.63, 3.8) is 0 Å². The third-order valence-corrected chi connectivity index (χ3v) is 5.19. The molecule has 3 heterocycles. The number of aliphatic hydroxyl groups is 1. The van der Waals surface area contributed by atoms with E-state index in [1.54, 1.807) is 0 Å². The third kappa shape index (κ3) is 4.65. The summed E-state index contributed by atoms with van der Waals surface area (Å²) in [5, 5.41) is 13.0. The number of rotatable bonds is 1. The van der Waals surface area contributed by atoms with E-state index < -0.39 is 30.0 Å². The summed E-state index contributed by atoms with van der Waals surface area (Å²) in [5.74, 6) is -0.461. The minimum atomic E-state index is -1.05. The average Bonchev–Trinajstić information content (AvgIpc) is 2.99. The van der Waals surface area contributed by atoms with Gasteiger partial charge in [0.15, 0.2) is 6.29 Å². The van der Waals surface area contributed by atoms with E-state index in [0.717, 1.165) is 37.7 Å². The Morgan fingerprint density at radius 2 is 2.04 bits per heavy atom. The Morgan fingerprint density at radius 3 is 2.81 bits per heavy atom. The summed E-state index contributed by atoms with van der Waals surface area (Å²) in [6, 6.07) is -0.499. The fourth-order valence-corrected chi connectivity index (χ4v) is 3.87. The zero-order chi connectivity index (χ0) is 18.6. The van der Waals surface area contributed by atoms with Gasteiger partial charge in [-0.15, -0.1) is 0 Å². The zero-order valence-corrected chi connectivity index (χ0v) is 15.1. The smallest absolute Gasteiger partial charge is 0.407 e. The van der Waals surface area contributed by atoms with Crippen LogP contribution in [0.2, 0.25) is 0 Å². The van der Waals surface area contributed by atoms with Crippen LogP contribution in [0.1, 0.15) is 51.9 Å². The Labute approximate surface area is 153 Å². The monoisotopic (exact) mass is 365 g/mol. The van der Waals surface area contributed by atoms with Crippen LogP contribution in [-0.4, -0.2) is 47.8 Å². The number of amides is 1. The van der Waals surface area contributed by atoms with Crippen molar-refractivity contribution in [1.82, 2.24) is 5.32 Å². The van der Waals surface area contributed by atoms with Crippen molar-refractivity contribution >= 4 is 12.1 Å². The van der Waals surface area contributed by atoms with Gasteiger partial charge in [0.05, 0.1) is 6.10 Å². The number of allylic oxidation sites excluding steroid dienone is 3. The van der Waals surface area contributed by atoms with Crippen LogP contribution >= 0.6 is 0 Å². The lowest BCUT2D eigenvalue weighted by Gasteiger charge is -2.44. The number of esters is 1. The third-order valence-electron chi connectivity index (χ3n) is 5.19. The van der Waals surface area contributed by atoms with Crippen LogP contribution in [-0.2, 0) is 19.0 Å².